The summed E-state index contributed by atoms with van der Waals surface area (Å²) in [6.07, 6.45) is 1.45. The number of rotatable bonds is 4. The van der Waals surface area contributed by atoms with Crippen LogP contribution in [0.2, 0.25) is 0 Å². The van der Waals surface area contributed by atoms with Gasteiger partial charge in [-0.15, -0.1) is 11.3 Å². The van der Waals surface area contributed by atoms with Crippen LogP contribution in [0.3, 0.4) is 0 Å². The largest absolute Gasteiger partial charge is 0.455 e. The number of hydrogen-bond acceptors (Lipinski definition) is 5. The van der Waals surface area contributed by atoms with Gasteiger partial charge in [-0.25, -0.2) is 14.2 Å². The van der Waals surface area contributed by atoms with Crippen LogP contribution < -0.4 is 0 Å². The Kier molecular flexibility index (Phi) is 4.35. The van der Waals surface area contributed by atoms with Crippen LogP contribution in [0.25, 0.3) is 10.8 Å². The second-order valence-electron chi connectivity index (χ2n) is 4.32. The highest BCUT2D eigenvalue weighted by molar-refractivity contribution is 9.10. The van der Waals surface area contributed by atoms with Gasteiger partial charge >= 0.3 is 5.97 Å². The van der Waals surface area contributed by atoms with E-state index in [0.29, 0.717) is 16.1 Å². The average Bonchev–Trinajstić information content (AvgIpc) is 3.16. The topological polar surface area (TPSA) is 52.3 Å². The van der Waals surface area contributed by atoms with E-state index in [1.807, 2.05) is 17.5 Å². The zero-order valence-electron chi connectivity index (χ0n) is 11.1. The standard InChI is InChI=1S/C15H9BrFNO3S/c16-12-6-9(17)3-4-11(12)15(19)21-8-10-7-20-14(18-10)13-2-1-5-22-13/h1-7H,8H2. The molecule has 4 nitrogen and oxygen atoms in total. The lowest BCUT2D eigenvalue weighted by Crippen LogP contribution is -2.06. The van der Waals surface area contributed by atoms with Gasteiger partial charge in [0.1, 0.15) is 24.4 Å². The minimum atomic E-state index is -0.562. The highest BCUT2D eigenvalue weighted by Gasteiger charge is 2.14. The molecular weight excluding hydrogens is 373 g/mol. The van der Waals surface area contributed by atoms with Crippen molar-refractivity contribution < 1.29 is 18.3 Å². The van der Waals surface area contributed by atoms with Crippen molar-refractivity contribution in [3.8, 4) is 10.8 Å². The lowest BCUT2D eigenvalue weighted by atomic mass is 10.2. The molecule has 0 fully saturated rings. The molecule has 0 unspecified atom stereocenters. The van der Waals surface area contributed by atoms with Gasteiger partial charge in [-0.2, -0.15) is 0 Å². The number of carbonyl (C=O) groups excluding carboxylic acids is 1. The molecule has 3 rings (SSSR count). The van der Waals surface area contributed by atoms with Crippen LogP contribution in [0, 0.1) is 5.82 Å². The van der Waals surface area contributed by atoms with Gasteiger partial charge in [0, 0.05) is 4.47 Å². The molecule has 112 valence electrons. The summed E-state index contributed by atoms with van der Waals surface area (Å²) in [7, 11) is 0. The number of esters is 1. The van der Waals surface area contributed by atoms with Crippen molar-refractivity contribution in [1.82, 2.24) is 4.98 Å². The lowest BCUT2D eigenvalue weighted by Gasteiger charge is -2.04. The van der Waals surface area contributed by atoms with E-state index in [2.05, 4.69) is 20.9 Å². The van der Waals surface area contributed by atoms with Crippen LogP contribution in [0.5, 0.6) is 0 Å². The highest BCUT2D eigenvalue weighted by atomic mass is 79.9. The molecule has 0 amide bonds. The number of nitrogens with zero attached hydrogens (tertiary/aromatic N) is 1. The zero-order chi connectivity index (χ0) is 15.5. The molecular formula is C15H9BrFNO3S. The summed E-state index contributed by atoms with van der Waals surface area (Å²) >= 11 is 4.64. The molecule has 2 heterocycles. The van der Waals surface area contributed by atoms with E-state index in [-0.39, 0.29) is 12.2 Å². The maximum absolute atomic E-state index is 13.0. The number of benzene rings is 1. The van der Waals surface area contributed by atoms with Gasteiger partial charge < -0.3 is 9.15 Å². The summed E-state index contributed by atoms with van der Waals surface area (Å²) < 4.78 is 23.8. The second-order valence-corrected chi connectivity index (χ2v) is 6.12. The highest BCUT2D eigenvalue weighted by Crippen LogP contribution is 2.24. The van der Waals surface area contributed by atoms with Gasteiger partial charge in [-0.1, -0.05) is 6.07 Å². The van der Waals surface area contributed by atoms with Gasteiger partial charge in [0.05, 0.1) is 10.4 Å². The number of thiophene rings is 1. The number of oxazole rings is 1. The zero-order valence-corrected chi connectivity index (χ0v) is 13.5. The maximum atomic E-state index is 13.0. The predicted molar refractivity (Wildman–Crippen MR) is 83.0 cm³/mol. The smallest absolute Gasteiger partial charge is 0.339 e. The monoisotopic (exact) mass is 381 g/mol. The Morgan fingerprint density at radius 3 is 3.00 bits per heavy atom. The van der Waals surface area contributed by atoms with Crippen molar-refractivity contribution >= 4 is 33.2 Å². The molecule has 0 spiro atoms. The third-order valence-corrected chi connectivity index (χ3v) is 4.30. The van der Waals surface area contributed by atoms with Gasteiger partial charge in [0.15, 0.2) is 0 Å². The molecule has 7 heteroatoms. The number of aromatic nitrogens is 1. The maximum Gasteiger partial charge on any atom is 0.339 e. The fourth-order valence-electron chi connectivity index (χ4n) is 1.76. The quantitative estimate of drug-likeness (QED) is 0.616. The van der Waals surface area contributed by atoms with Gasteiger partial charge in [0.2, 0.25) is 5.89 Å². The Bertz CT molecular complexity index is 801. The van der Waals surface area contributed by atoms with Gasteiger partial charge in [0.25, 0.3) is 0 Å². The Morgan fingerprint density at radius 1 is 1.41 bits per heavy atom. The fourth-order valence-corrected chi connectivity index (χ4v) is 2.93. The Morgan fingerprint density at radius 2 is 2.27 bits per heavy atom. The molecule has 22 heavy (non-hydrogen) atoms. The van der Waals surface area contributed by atoms with Crippen LogP contribution in [-0.4, -0.2) is 11.0 Å². The molecule has 0 N–H and O–H groups in total. The average molecular weight is 382 g/mol. The molecule has 0 atom stereocenters. The molecule has 3 aromatic rings. The number of halogens is 2. The molecule has 0 aliphatic heterocycles. The van der Waals surface area contributed by atoms with E-state index in [4.69, 9.17) is 9.15 Å². The Balaban J connectivity index is 1.66. The summed E-state index contributed by atoms with van der Waals surface area (Å²) in [5, 5.41) is 1.92. The number of carbonyl (C=O) groups is 1. The summed E-state index contributed by atoms with van der Waals surface area (Å²) in [6.45, 7) is -0.0163. The van der Waals surface area contributed by atoms with E-state index < -0.39 is 11.8 Å². The summed E-state index contributed by atoms with van der Waals surface area (Å²) in [4.78, 5) is 17.1. The molecule has 0 bridgehead atoms. The van der Waals surface area contributed by atoms with Crippen molar-refractivity contribution in [2.24, 2.45) is 0 Å². The van der Waals surface area contributed by atoms with E-state index in [0.717, 1.165) is 4.88 Å². The Labute approximate surface area is 137 Å². The molecule has 0 radical (unpaired) electrons. The number of hydrogen-bond donors (Lipinski definition) is 0. The first-order valence-electron chi connectivity index (χ1n) is 6.24. The summed E-state index contributed by atoms with van der Waals surface area (Å²) in [5.41, 5.74) is 0.762. The van der Waals surface area contributed by atoms with Crippen molar-refractivity contribution in [1.29, 1.82) is 0 Å². The molecule has 0 aliphatic carbocycles. The van der Waals surface area contributed by atoms with Crippen molar-refractivity contribution in [2.75, 3.05) is 0 Å². The number of ether oxygens (including phenoxy) is 1. The molecule has 1 aromatic carbocycles. The summed E-state index contributed by atoms with van der Waals surface area (Å²) in [5.74, 6) is -0.503. The van der Waals surface area contributed by atoms with Gasteiger partial charge in [-0.05, 0) is 45.6 Å². The van der Waals surface area contributed by atoms with E-state index in [9.17, 15) is 9.18 Å². The minimum absolute atomic E-state index is 0.0163. The molecule has 2 aromatic heterocycles. The van der Waals surface area contributed by atoms with Crippen LogP contribution in [-0.2, 0) is 11.3 Å². The molecule has 0 saturated carbocycles. The first kappa shape index (κ1) is 14.9. The SMILES string of the molecule is O=C(OCc1coc(-c2cccs2)n1)c1ccc(F)cc1Br. The molecule has 0 saturated heterocycles. The fraction of sp³-hybridized carbons (Fsp3) is 0.0667. The van der Waals surface area contributed by atoms with Crippen LogP contribution in [0.1, 0.15) is 16.1 Å². The molecule has 0 aliphatic rings. The van der Waals surface area contributed by atoms with Gasteiger partial charge in [-0.3, -0.25) is 0 Å². The van der Waals surface area contributed by atoms with E-state index >= 15 is 0 Å². The minimum Gasteiger partial charge on any atom is -0.455 e. The van der Waals surface area contributed by atoms with Crippen molar-refractivity contribution in [2.45, 2.75) is 6.61 Å². The summed E-state index contributed by atoms with van der Waals surface area (Å²) in [6, 6.07) is 7.56. The van der Waals surface area contributed by atoms with Crippen LogP contribution >= 0.6 is 27.3 Å². The van der Waals surface area contributed by atoms with Crippen molar-refractivity contribution in [3.05, 3.63) is 63.5 Å². The third kappa shape index (κ3) is 3.26. The Hall–Kier alpha value is -1.99. The third-order valence-electron chi connectivity index (χ3n) is 2.79. The predicted octanol–water partition coefficient (Wildman–Crippen LogP) is 4.66. The van der Waals surface area contributed by atoms with E-state index in [1.165, 1.54) is 35.8 Å². The van der Waals surface area contributed by atoms with E-state index in [1.54, 1.807) is 0 Å². The van der Waals surface area contributed by atoms with Crippen molar-refractivity contribution in [3.63, 3.8) is 0 Å². The second kappa shape index (κ2) is 6.41. The lowest BCUT2D eigenvalue weighted by molar-refractivity contribution is 0.0466. The van der Waals surface area contributed by atoms with Crippen LogP contribution in [0.4, 0.5) is 4.39 Å². The van der Waals surface area contributed by atoms with Crippen LogP contribution in [0.15, 0.2) is 50.9 Å². The normalized spacial score (nSPS) is 10.6. The first-order valence-corrected chi connectivity index (χ1v) is 7.91. The first-order chi connectivity index (χ1) is 10.6.